The van der Waals surface area contributed by atoms with E-state index in [-0.39, 0.29) is 5.78 Å². The molecule has 5 heteroatoms. The molecule has 0 saturated heterocycles. The SMILES string of the molecule is Cn1cc(/C=C2/CCC/C(=C\c3cnn(C)c3)C2=O)cn1. The van der Waals surface area contributed by atoms with Crippen molar-refractivity contribution in [3.05, 3.63) is 47.1 Å². The van der Waals surface area contributed by atoms with Gasteiger partial charge in [-0.2, -0.15) is 10.2 Å². The topological polar surface area (TPSA) is 52.7 Å². The van der Waals surface area contributed by atoms with Gasteiger partial charge in [0.05, 0.1) is 12.4 Å². The quantitative estimate of drug-likeness (QED) is 0.795. The van der Waals surface area contributed by atoms with Crippen LogP contribution in [0.4, 0.5) is 0 Å². The van der Waals surface area contributed by atoms with E-state index in [1.807, 2.05) is 38.6 Å². The number of allylic oxidation sites excluding steroid dienone is 2. The minimum Gasteiger partial charge on any atom is -0.289 e. The van der Waals surface area contributed by atoms with Gasteiger partial charge in [-0.25, -0.2) is 0 Å². The van der Waals surface area contributed by atoms with E-state index >= 15 is 0 Å². The van der Waals surface area contributed by atoms with Gasteiger partial charge in [-0.3, -0.25) is 14.2 Å². The van der Waals surface area contributed by atoms with Crippen molar-refractivity contribution in [1.82, 2.24) is 19.6 Å². The first-order chi connectivity index (χ1) is 10.1. The molecule has 0 aromatic carbocycles. The minimum atomic E-state index is 0.147. The van der Waals surface area contributed by atoms with Crippen molar-refractivity contribution in [2.24, 2.45) is 14.1 Å². The van der Waals surface area contributed by atoms with Gasteiger partial charge in [0.1, 0.15) is 0 Å². The molecular weight excluding hydrogens is 264 g/mol. The Balaban J connectivity index is 1.87. The lowest BCUT2D eigenvalue weighted by Crippen LogP contribution is -2.12. The fourth-order valence-electron chi connectivity index (χ4n) is 2.61. The van der Waals surface area contributed by atoms with Crippen LogP contribution in [0.15, 0.2) is 35.9 Å². The molecule has 2 aromatic heterocycles. The number of aromatic nitrogens is 4. The van der Waals surface area contributed by atoms with Gasteiger partial charge in [0.15, 0.2) is 5.78 Å². The van der Waals surface area contributed by atoms with E-state index in [9.17, 15) is 4.79 Å². The highest BCUT2D eigenvalue weighted by Crippen LogP contribution is 2.27. The lowest BCUT2D eigenvalue weighted by atomic mass is 9.87. The molecule has 1 aliphatic rings. The molecular formula is C16H18N4O. The third kappa shape index (κ3) is 3.02. The van der Waals surface area contributed by atoms with Gasteiger partial charge in [-0.05, 0) is 31.4 Å². The van der Waals surface area contributed by atoms with Crippen molar-refractivity contribution in [3.8, 4) is 0 Å². The smallest absolute Gasteiger partial charge is 0.185 e. The van der Waals surface area contributed by atoms with Gasteiger partial charge < -0.3 is 0 Å². The second kappa shape index (κ2) is 5.52. The zero-order valence-corrected chi connectivity index (χ0v) is 12.3. The van der Waals surface area contributed by atoms with Crippen LogP contribution < -0.4 is 0 Å². The first kappa shape index (κ1) is 13.5. The Hall–Kier alpha value is -2.43. The second-order valence-electron chi connectivity index (χ2n) is 5.42. The zero-order valence-electron chi connectivity index (χ0n) is 12.3. The molecule has 108 valence electrons. The van der Waals surface area contributed by atoms with Crippen molar-refractivity contribution < 1.29 is 4.79 Å². The average molecular weight is 282 g/mol. The first-order valence-corrected chi connectivity index (χ1v) is 7.05. The number of carbonyl (C=O) groups is 1. The van der Waals surface area contributed by atoms with Crippen LogP contribution in [0.1, 0.15) is 30.4 Å². The van der Waals surface area contributed by atoms with Crippen molar-refractivity contribution in [2.75, 3.05) is 0 Å². The molecule has 0 aliphatic heterocycles. The van der Waals surface area contributed by atoms with Crippen LogP contribution in [0.5, 0.6) is 0 Å². The highest BCUT2D eigenvalue weighted by Gasteiger charge is 2.20. The fraction of sp³-hybridized carbons (Fsp3) is 0.312. The lowest BCUT2D eigenvalue weighted by Gasteiger charge is -2.16. The highest BCUT2D eigenvalue weighted by molar-refractivity contribution is 6.13. The number of nitrogens with zero attached hydrogens (tertiary/aromatic N) is 4. The summed E-state index contributed by atoms with van der Waals surface area (Å²) >= 11 is 0. The number of ketones is 1. The maximum absolute atomic E-state index is 12.6. The van der Waals surface area contributed by atoms with Crippen molar-refractivity contribution in [2.45, 2.75) is 19.3 Å². The van der Waals surface area contributed by atoms with Gasteiger partial charge in [0, 0.05) is 48.8 Å². The van der Waals surface area contributed by atoms with E-state index in [1.165, 1.54) is 0 Å². The number of Topliss-reactive ketones (excluding diaryl/α,β-unsaturated/α-hetero) is 1. The number of rotatable bonds is 2. The summed E-state index contributed by atoms with van der Waals surface area (Å²) in [7, 11) is 3.75. The zero-order chi connectivity index (χ0) is 14.8. The Morgan fingerprint density at radius 3 is 1.81 bits per heavy atom. The lowest BCUT2D eigenvalue weighted by molar-refractivity contribution is -0.112. The Morgan fingerprint density at radius 1 is 0.952 bits per heavy atom. The van der Waals surface area contributed by atoms with Crippen LogP contribution in [0.2, 0.25) is 0 Å². The molecule has 1 aliphatic carbocycles. The molecule has 2 heterocycles. The van der Waals surface area contributed by atoms with Crippen LogP contribution in [0.25, 0.3) is 12.2 Å². The van der Waals surface area contributed by atoms with Crippen LogP contribution in [-0.4, -0.2) is 25.3 Å². The summed E-state index contributed by atoms with van der Waals surface area (Å²) in [6, 6.07) is 0. The summed E-state index contributed by atoms with van der Waals surface area (Å²) in [5.41, 5.74) is 3.68. The largest absolute Gasteiger partial charge is 0.289 e. The van der Waals surface area contributed by atoms with Crippen LogP contribution in [0.3, 0.4) is 0 Å². The van der Waals surface area contributed by atoms with E-state index in [1.54, 1.807) is 21.8 Å². The van der Waals surface area contributed by atoms with E-state index in [4.69, 9.17) is 0 Å². The van der Waals surface area contributed by atoms with Gasteiger partial charge in [-0.1, -0.05) is 0 Å². The summed E-state index contributed by atoms with van der Waals surface area (Å²) in [5, 5.41) is 8.26. The molecule has 2 aromatic rings. The first-order valence-electron chi connectivity index (χ1n) is 7.05. The van der Waals surface area contributed by atoms with Gasteiger partial charge >= 0.3 is 0 Å². The molecule has 0 unspecified atom stereocenters. The molecule has 5 nitrogen and oxygen atoms in total. The van der Waals surface area contributed by atoms with Crippen LogP contribution in [-0.2, 0) is 18.9 Å². The average Bonchev–Trinajstić information content (AvgIpc) is 3.03. The van der Waals surface area contributed by atoms with Gasteiger partial charge in [-0.15, -0.1) is 0 Å². The molecule has 3 rings (SSSR count). The minimum absolute atomic E-state index is 0.147. The summed E-state index contributed by atoms with van der Waals surface area (Å²) in [5.74, 6) is 0.147. The number of aryl methyl sites for hydroxylation is 2. The van der Waals surface area contributed by atoms with E-state index in [0.717, 1.165) is 41.5 Å². The van der Waals surface area contributed by atoms with E-state index in [2.05, 4.69) is 10.2 Å². The molecule has 21 heavy (non-hydrogen) atoms. The van der Waals surface area contributed by atoms with Crippen LogP contribution >= 0.6 is 0 Å². The number of hydrogen-bond acceptors (Lipinski definition) is 3. The summed E-state index contributed by atoms with van der Waals surface area (Å²) < 4.78 is 3.48. The van der Waals surface area contributed by atoms with Gasteiger partial charge in [0.25, 0.3) is 0 Å². The molecule has 0 atom stereocenters. The summed E-state index contributed by atoms with van der Waals surface area (Å²) in [6.45, 7) is 0. The Bertz CT molecular complexity index is 673. The summed E-state index contributed by atoms with van der Waals surface area (Å²) in [6.07, 6.45) is 14.0. The highest BCUT2D eigenvalue weighted by atomic mass is 16.1. The number of hydrogen-bond donors (Lipinski definition) is 0. The van der Waals surface area contributed by atoms with E-state index < -0.39 is 0 Å². The maximum atomic E-state index is 12.6. The van der Waals surface area contributed by atoms with Gasteiger partial charge in [0.2, 0.25) is 0 Å². The fourth-order valence-corrected chi connectivity index (χ4v) is 2.61. The number of carbonyl (C=O) groups excluding carboxylic acids is 1. The monoisotopic (exact) mass is 282 g/mol. The van der Waals surface area contributed by atoms with Crippen molar-refractivity contribution >= 4 is 17.9 Å². The molecule has 0 N–H and O–H groups in total. The molecule has 1 saturated carbocycles. The van der Waals surface area contributed by atoms with Crippen molar-refractivity contribution in [3.63, 3.8) is 0 Å². The summed E-state index contributed by atoms with van der Waals surface area (Å²) in [4.78, 5) is 12.6. The molecule has 0 spiro atoms. The Labute approximate surface area is 123 Å². The third-order valence-corrected chi connectivity index (χ3v) is 3.61. The maximum Gasteiger partial charge on any atom is 0.185 e. The molecule has 0 radical (unpaired) electrons. The third-order valence-electron chi connectivity index (χ3n) is 3.61. The Kier molecular flexibility index (Phi) is 3.56. The standard InChI is InChI=1S/C16H18N4O/c1-19-10-12(8-17-19)6-14-4-3-5-15(16(14)21)7-13-9-18-20(2)11-13/h6-11H,3-5H2,1-2H3/b14-6-,15-7+. The Morgan fingerprint density at radius 2 is 1.43 bits per heavy atom. The second-order valence-corrected chi connectivity index (χ2v) is 5.42. The predicted molar refractivity (Wildman–Crippen MR) is 81.2 cm³/mol. The predicted octanol–water partition coefficient (Wildman–Crippen LogP) is 2.37. The molecule has 0 bridgehead atoms. The molecule has 0 amide bonds. The molecule has 1 fully saturated rings. The van der Waals surface area contributed by atoms with Crippen LogP contribution in [0, 0.1) is 0 Å². The van der Waals surface area contributed by atoms with Crippen molar-refractivity contribution in [1.29, 1.82) is 0 Å². The normalized spacial score (nSPS) is 19.6. The van der Waals surface area contributed by atoms with E-state index in [0.29, 0.717) is 0 Å².